The fourth-order valence-electron chi connectivity index (χ4n) is 4.33. The van der Waals surface area contributed by atoms with Gasteiger partial charge in [0.05, 0.1) is 28.0 Å². The molecule has 7 heteroatoms. The first-order valence-electron chi connectivity index (χ1n) is 9.76. The topological polar surface area (TPSA) is 82.7 Å². The van der Waals surface area contributed by atoms with Gasteiger partial charge in [0.2, 0.25) is 0 Å². The van der Waals surface area contributed by atoms with Crippen molar-refractivity contribution in [1.82, 2.24) is 20.3 Å². The predicted molar refractivity (Wildman–Crippen MR) is 106 cm³/mol. The van der Waals surface area contributed by atoms with Crippen molar-refractivity contribution in [3.8, 4) is 11.3 Å². The first kappa shape index (κ1) is 17.2. The van der Waals surface area contributed by atoms with E-state index in [0.29, 0.717) is 40.2 Å². The molecule has 0 spiro atoms. The number of nitrogens with one attached hydrogen (secondary N) is 3. The summed E-state index contributed by atoms with van der Waals surface area (Å²) in [5.74, 6) is 0.390. The third-order valence-corrected chi connectivity index (χ3v) is 5.81. The number of nitrogens with zero attached hydrogens (tertiary/aromatic N) is 2. The maximum Gasteiger partial charge on any atom is 0.253 e. The highest BCUT2D eigenvalue weighted by Crippen LogP contribution is 2.36. The zero-order valence-electron chi connectivity index (χ0n) is 15.9. The van der Waals surface area contributed by atoms with Crippen molar-refractivity contribution in [2.75, 3.05) is 11.9 Å². The summed E-state index contributed by atoms with van der Waals surface area (Å²) in [7, 11) is 0. The Kier molecular flexibility index (Phi) is 3.86. The lowest BCUT2D eigenvalue weighted by atomic mass is 9.91. The van der Waals surface area contributed by atoms with Gasteiger partial charge in [0.25, 0.3) is 5.91 Å². The summed E-state index contributed by atoms with van der Waals surface area (Å²) in [5.41, 5.74) is 4.36. The van der Waals surface area contributed by atoms with Gasteiger partial charge in [-0.3, -0.25) is 4.79 Å². The van der Waals surface area contributed by atoms with E-state index in [1.165, 1.54) is 6.07 Å². The van der Waals surface area contributed by atoms with Gasteiger partial charge in [-0.15, -0.1) is 0 Å². The normalized spacial score (nSPS) is 21.5. The van der Waals surface area contributed by atoms with Crippen molar-refractivity contribution in [1.29, 1.82) is 0 Å². The smallest absolute Gasteiger partial charge is 0.253 e. The molecule has 5 rings (SSSR count). The highest BCUT2D eigenvalue weighted by molar-refractivity contribution is 6.00. The lowest BCUT2D eigenvalue weighted by Crippen LogP contribution is -2.34. The Morgan fingerprint density at radius 2 is 2.07 bits per heavy atom. The number of H-pyrrole nitrogens is 1. The maximum atomic E-state index is 14.9. The van der Waals surface area contributed by atoms with Gasteiger partial charge < -0.3 is 15.6 Å². The second-order valence-electron chi connectivity index (χ2n) is 7.84. The SMILES string of the molecule is Cc1nc2ccc(F)c3c2nc1N[C@@H](C)CCC[C@H]1CNC(=O)c2cc-3[nH]c21. The number of aryl methyl sites for hydroxylation is 1. The molecule has 0 saturated carbocycles. The first-order valence-corrected chi connectivity index (χ1v) is 9.76. The molecule has 0 fully saturated rings. The van der Waals surface area contributed by atoms with Crippen LogP contribution in [-0.2, 0) is 0 Å². The number of carbonyl (C=O) groups is 1. The van der Waals surface area contributed by atoms with Gasteiger partial charge in [0, 0.05) is 24.2 Å². The summed E-state index contributed by atoms with van der Waals surface area (Å²) in [5, 5.41) is 6.41. The zero-order chi connectivity index (χ0) is 19.4. The minimum Gasteiger partial charge on any atom is -0.366 e. The summed E-state index contributed by atoms with van der Waals surface area (Å²) in [6, 6.07) is 5.03. The van der Waals surface area contributed by atoms with Crippen LogP contribution in [0.15, 0.2) is 18.2 Å². The molecule has 0 unspecified atom stereocenters. The molecule has 4 heterocycles. The molecular weight excluding hydrogens is 357 g/mol. The van der Waals surface area contributed by atoms with E-state index in [4.69, 9.17) is 4.98 Å². The molecule has 6 nitrogen and oxygen atoms in total. The lowest BCUT2D eigenvalue weighted by Gasteiger charge is -2.23. The number of carbonyl (C=O) groups excluding carboxylic acids is 1. The number of hydrogen-bond acceptors (Lipinski definition) is 4. The lowest BCUT2D eigenvalue weighted by molar-refractivity contribution is 0.0939. The van der Waals surface area contributed by atoms with E-state index >= 15 is 0 Å². The highest BCUT2D eigenvalue weighted by atomic mass is 19.1. The molecule has 28 heavy (non-hydrogen) atoms. The highest BCUT2D eigenvalue weighted by Gasteiger charge is 2.29. The van der Waals surface area contributed by atoms with Crippen LogP contribution in [0.25, 0.3) is 22.3 Å². The molecule has 1 amide bonds. The maximum absolute atomic E-state index is 14.9. The fourth-order valence-corrected chi connectivity index (χ4v) is 4.33. The van der Waals surface area contributed by atoms with E-state index in [-0.39, 0.29) is 23.7 Å². The monoisotopic (exact) mass is 379 g/mol. The molecular formula is C21H22FN5O. The largest absolute Gasteiger partial charge is 0.366 e. The molecule has 2 aromatic heterocycles. The van der Waals surface area contributed by atoms with E-state index in [1.807, 2.05) is 6.92 Å². The van der Waals surface area contributed by atoms with E-state index < -0.39 is 0 Å². The van der Waals surface area contributed by atoms with Gasteiger partial charge in [-0.05, 0) is 44.9 Å². The van der Waals surface area contributed by atoms with Crippen molar-refractivity contribution in [2.45, 2.75) is 45.1 Å². The van der Waals surface area contributed by atoms with Crippen molar-refractivity contribution < 1.29 is 9.18 Å². The molecule has 3 aromatic rings. The molecule has 0 saturated heterocycles. The first-order chi connectivity index (χ1) is 13.5. The van der Waals surface area contributed by atoms with Crippen LogP contribution in [0.4, 0.5) is 10.2 Å². The number of anilines is 1. The molecule has 2 aliphatic heterocycles. The third kappa shape index (κ3) is 2.65. The molecule has 4 bridgehead atoms. The van der Waals surface area contributed by atoms with E-state index in [9.17, 15) is 9.18 Å². The number of rotatable bonds is 0. The van der Waals surface area contributed by atoms with Crippen LogP contribution in [0.1, 0.15) is 53.8 Å². The Morgan fingerprint density at radius 3 is 2.93 bits per heavy atom. The van der Waals surface area contributed by atoms with Crippen LogP contribution in [0.5, 0.6) is 0 Å². The molecule has 144 valence electrons. The van der Waals surface area contributed by atoms with Crippen LogP contribution in [0, 0.1) is 12.7 Å². The summed E-state index contributed by atoms with van der Waals surface area (Å²) in [6.45, 7) is 4.64. The Balaban J connectivity index is 1.80. The average Bonchev–Trinajstić information content (AvgIpc) is 3.10. The summed E-state index contributed by atoms with van der Waals surface area (Å²) < 4.78 is 14.9. The summed E-state index contributed by atoms with van der Waals surface area (Å²) >= 11 is 0. The number of amides is 1. The van der Waals surface area contributed by atoms with Crippen LogP contribution in [0.2, 0.25) is 0 Å². The van der Waals surface area contributed by atoms with Gasteiger partial charge in [-0.2, -0.15) is 0 Å². The molecule has 0 aliphatic carbocycles. The molecule has 1 aromatic carbocycles. The van der Waals surface area contributed by atoms with Gasteiger partial charge in [0.15, 0.2) is 0 Å². The van der Waals surface area contributed by atoms with Crippen molar-refractivity contribution >= 4 is 22.8 Å². The van der Waals surface area contributed by atoms with Crippen molar-refractivity contribution in [3.05, 3.63) is 41.0 Å². The average molecular weight is 379 g/mol. The Bertz CT molecular complexity index is 1110. The van der Waals surface area contributed by atoms with Crippen LogP contribution >= 0.6 is 0 Å². The molecule has 2 aliphatic rings. The van der Waals surface area contributed by atoms with Crippen LogP contribution < -0.4 is 10.6 Å². The quantitative estimate of drug-likeness (QED) is 0.553. The minimum absolute atomic E-state index is 0.112. The molecule has 3 N–H and O–H groups in total. The number of hydrogen-bond donors (Lipinski definition) is 3. The molecule has 2 atom stereocenters. The van der Waals surface area contributed by atoms with E-state index in [0.717, 1.165) is 30.7 Å². The minimum atomic E-state index is -0.380. The Labute approximate surface area is 162 Å². The van der Waals surface area contributed by atoms with Crippen LogP contribution in [0.3, 0.4) is 0 Å². The van der Waals surface area contributed by atoms with Gasteiger partial charge in [0.1, 0.15) is 17.2 Å². The van der Waals surface area contributed by atoms with Gasteiger partial charge in [-0.1, -0.05) is 6.42 Å². The second-order valence-corrected chi connectivity index (χ2v) is 7.84. The number of halogens is 1. The van der Waals surface area contributed by atoms with Gasteiger partial charge >= 0.3 is 0 Å². The zero-order valence-corrected chi connectivity index (χ0v) is 15.9. The predicted octanol–water partition coefficient (Wildman–Crippen LogP) is 3.88. The standard InChI is InChI=1S/C21H22FN5O/c1-10-4-3-5-12-9-23-21(28)13-8-16(26-18(12)13)17-14(22)6-7-15-19(17)27-20(24-10)11(2)25-15/h6-8,10,12,26H,3-5,9H2,1-2H3,(H,23,28)(H,24,27)/t10-,12-/m0/s1. The Hall–Kier alpha value is -2.96. The number of aromatic amines is 1. The molecule has 0 radical (unpaired) electrons. The number of aromatic nitrogens is 3. The summed E-state index contributed by atoms with van der Waals surface area (Å²) in [4.78, 5) is 25.1. The van der Waals surface area contributed by atoms with Crippen LogP contribution in [-0.4, -0.2) is 33.4 Å². The number of fused-ring (bicyclic) bond motifs is 3. The van der Waals surface area contributed by atoms with Crippen molar-refractivity contribution in [2.24, 2.45) is 0 Å². The second kappa shape index (κ2) is 6.29. The Morgan fingerprint density at radius 1 is 1.21 bits per heavy atom. The number of benzene rings is 1. The third-order valence-electron chi connectivity index (χ3n) is 5.81. The van der Waals surface area contributed by atoms with Gasteiger partial charge in [-0.25, -0.2) is 14.4 Å². The summed E-state index contributed by atoms with van der Waals surface area (Å²) in [6.07, 6.45) is 2.94. The fraction of sp³-hybridized carbons (Fsp3) is 0.381. The van der Waals surface area contributed by atoms with Crippen molar-refractivity contribution in [3.63, 3.8) is 0 Å². The van der Waals surface area contributed by atoms with E-state index in [2.05, 4.69) is 27.5 Å². The van der Waals surface area contributed by atoms with E-state index in [1.54, 1.807) is 12.1 Å².